The molecule has 1 atom stereocenters. The molecule has 1 unspecified atom stereocenters. The summed E-state index contributed by atoms with van der Waals surface area (Å²) in [5, 5.41) is 3.39. The van der Waals surface area contributed by atoms with E-state index >= 15 is 0 Å². The highest BCUT2D eigenvalue weighted by molar-refractivity contribution is 5.81. The lowest BCUT2D eigenvalue weighted by atomic mass is 9.70. The Morgan fingerprint density at radius 2 is 2.06 bits per heavy atom. The number of nitrogens with zero attached hydrogens (tertiary/aromatic N) is 1. The fourth-order valence-corrected chi connectivity index (χ4v) is 2.50. The Balaban J connectivity index is 1.74. The monoisotopic (exact) mass is 240 g/mol. The van der Waals surface area contributed by atoms with Gasteiger partial charge in [-0.25, -0.2) is 0 Å². The van der Waals surface area contributed by atoms with E-state index in [-0.39, 0.29) is 11.9 Å². The van der Waals surface area contributed by atoms with E-state index in [4.69, 9.17) is 4.74 Å². The summed E-state index contributed by atoms with van der Waals surface area (Å²) in [6.07, 6.45) is 3.92. The van der Waals surface area contributed by atoms with E-state index in [1.165, 1.54) is 19.3 Å². The molecule has 0 radical (unpaired) electrons. The van der Waals surface area contributed by atoms with Gasteiger partial charge in [-0.3, -0.25) is 4.79 Å². The SMILES string of the molecule is CC(NCC1(C)CCC1)C(=O)N1CCOCC1. The number of nitrogens with one attached hydrogen (secondary N) is 1. The first-order valence-corrected chi connectivity index (χ1v) is 6.71. The Labute approximate surface area is 104 Å². The summed E-state index contributed by atoms with van der Waals surface area (Å²) < 4.78 is 5.26. The Morgan fingerprint density at radius 1 is 1.41 bits per heavy atom. The second-order valence-electron chi connectivity index (χ2n) is 5.70. The zero-order valence-corrected chi connectivity index (χ0v) is 11.0. The van der Waals surface area contributed by atoms with Crippen molar-refractivity contribution in [1.29, 1.82) is 0 Å². The van der Waals surface area contributed by atoms with E-state index in [1.807, 2.05) is 11.8 Å². The summed E-state index contributed by atoms with van der Waals surface area (Å²) in [4.78, 5) is 14.0. The standard InChI is InChI=1S/C13H24N2O2/c1-11(14-10-13(2)4-3-5-13)12(16)15-6-8-17-9-7-15/h11,14H,3-10H2,1-2H3. The molecule has 98 valence electrons. The number of morpholine rings is 1. The van der Waals surface area contributed by atoms with E-state index in [2.05, 4.69) is 12.2 Å². The highest BCUT2D eigenvalue weighted by Gasteiger charge is 2.32. The van der Waals surface area contributed by atoms with Crippen LogP contribution in [0.25, 0.3) is 0 Å². The summed E-state index contributed by atoms with van der Waals surface area (Å²) in [7, 11) is 0. The van der Waals surface area contributed by atoms with E-state index in [1.54, 1.807) is 0 Å². The minimum atomic E-state index is -0.0643. The Kier molecular flexibility index (Phi) is 4.05. The molecule has 4 nitrogen and oxygen atoms in total. The lowest BCUT2D eigenvalue weighted by Crippen LogP contribution is -2.51. The number of amides is 1. The van der Waals surface area contributed by atoms with Gasteiger partial charge < -0.3 is 15.0 Å². The molecule has 0 spiro atoms. The average Bonchev–Trinajstić information content (AvgIpc) is 2.33. The van der Waals surface area contributed by atoms with Gasteiger partial charge in [0, 0.05) is 19.6 Å². The average molecular weight is 240 g/mol. The molecule has 1 N–H and O–H groups in total. The van der Waals surface area contributed by atoms with Gasteiger partial charge in [0.15, 0.2) is 0 Å². The third kappa shape index (κ3) is 3.19. The predicted octanol–water partition coefficient (Wildman–Crippen LogP) is 1.01. The summed E-state index contributed by atoms with van der Waals surface area (Å²) in [6, 6.07) is -0.0643. The largest absolute Gasteiger partial charge is 0.378 e. The van der Waals surface area contributed by atoms with Crippen LogP contribution in [-0.4, -0.2) is 49.7 Å². The minimum absolute atomic E-state index is 0.0643. The maximum absolute atomic E-state index is 12.1. The lowest BCUT2D eigenvalue weighted by molar-refractivity contribution is -0.137. The van der Waals surface area contributed by atoms with Crippen LogP contribution in [0.1, 0.15) is 33.1 Å². The summed E-state index contributed by atoms with van der Waals surface area (Å²) >= 11 is 0. The number of hydrogen-bond acceptors (Lipinski definition) is 3. The van der Waals surface area contributed by atoms with Crippen LogP contribution in [0.15, 0.2) is 0 Å². The maximum Gasteiger partial charge on any atom is 0.239 e. The molecule has 0 aromatic heterocycles. The Bertz CT molecular complexity index is 271. The smallest absolute Gasteiger partial charge is 0.239 e. The van der Waals surface area contributed by atoms with Crippen molar-refractivity contribution in [2.75, 3.05) is 32.8 Å². The van der Waals surface area contributed by atoms with Crippen LogP contribution in [0.4, 0.5) is 0 Å². The van der Waals surface area contributed by atoms with Crippen molar-refractivity contribution in [3.05, 3.63) is 0 Å². The Hall–Kier alpha value is -0.610. The number of carbonyl (C=O) groups is 1. The Morgan fingerprint density at radius 3 is 2.59 bits per heavy atom. The van der Waals surface area contributed by atoms with Crippen LogP contribution >= 0.6 is 0 Å². The number of rotatable bonds is 4. The molecule has 1 heterocycles. The third-order valence-corrected chi connectivity index (χ3v) is 4.09. The van der Waals surface area contributed by atoms with Gasteiger partial charge in [-0.1, -0.05) is 13.3 Å². The van der Waals surface area contributed by atoms with Crippen molar-refractivity contribution in [2.45, 2.75) is 39.2 Å². The third-order valence-electron chi connectivity index (χ3n) is 4.09. The molecule has 4 heteroatoms. The number of hydrogen-bond donors (Lipinski definition) is 1. The van der Waals surface area contributed by atoms with Crippen LogP contribution in [0.3, 0.4) is 0 Å². The van der Waals surface area contributed by atoms with Crippen molar-refractivity contribution in [1.82, 2.24) is 10.2 Å². The van der Waals surface area contributed by atoms with Gasteiger partial charge in [0.05, 0.1) is 19.3 Å². The minimum Gasteiger partial charge on any atom is -0.378 e. The summed E-state index contributed by atoms with van der Waals surface area (Å²) in [6.45, 7) is 8.07. The fourth-order valence-electron chi connectivity index (χ4n) is 2.50. The molecule has 0 bridgehead atoms. The van der Waals surface area contributed by atoms with E-state index in [0.717, 1.165) is 19.6 Å². The summed E-state index contributed by atoms with van der Waals surface area (Å²) in [5.74, 6) is 0.219. The lowest BCUT2D eigenvalue weighted by Gasteiger charge is -2.39. The van der Waals surface area contributed by atoms with Gasteiger partial charge in [0.25, 0.3) is 0 Å². The molecule has 1 aliphatic heterocycles. The van der Waals surface area contributed by atoms with Gasteiger partial charge in [0.1, 0.15) is 0 Å². The van der Waals surface area contributed by atoms with Crippen LogP contribution in [0.5, 0.6) is 0 Å². The first kappa shape index (κ1) is 12.8. The van der Waals surface area contributed by atoms with Crippen molar-refractivity contribution in [2.24, 2.45) is 5.41 Å². The second kappa shape index (κ2) is 5.36. The van der Waals surface area contributed by atoms with Crippen molar-refractivity contribution < 1.29 is 9.53 Å². The highest BCUT2D eigenvalue weighted by atomic mass is 16.5. The number of ether oxygens (including phenoxy) is 1. The van der Waals surface area contributed by atoms with E-state index in [0.29, 0.717) is 18.6 Å². The maximum atomic E-state index is 12.1. The van der Waals surface area contributed by atoms with Crippen molar-refractivity contribution in [3.8, 4) is 0 Å². The molecular weight excluding hydrogens is 216 g/mol. The molecule has 1 amide bonds. The second-order valence-corrected chi connectivity index (χ2v) is 5.70. The van der Waals surface area contributed by atoms with Gasteiger partial charge in [-0.05, 0) is 25.2 Å². The molecule has 2 rings (SSSR count). The summed E-state index contributed by atoms with van der Waals surface area (Å²) in [5.41, 5.74) is 0.430. The van der Waals surface area contributed by atoms with Gasteiger partial charge >= 0.3 is 0 Å². The molecule has 2 aliphatic rings. The first-order valence-electron chi connectivity index (χ1n) is 6.71. The van der Waals surface area contributed by atoms with Crippen LogP contribution in [0, 0.1) is 5.41 Å². The molecular formula is C13H24N2O2. The zero-order chi connectivity index (χ0) is 12.3. The fraction of sp³-hybridized carbons (Fsp3) is 0.923. The molecule has 1 saturated heterocycles. The first-order chi connectivity index (χ1) is 8.11. The van der Waals surface area contributed by atoms with Crippen LogP contribution < -0.4 is 5.32 Å². The molecule has 0 aromatic carbocycles. The molecule has 0 aromatic rings. The molecule has 1 aliphatic carbocycles. The zero-order valence-electron chi connectivity index (χ0n) is 11.0. The van der Waals surface area contributed by atoms with Crippen LogP contribution in [0.2, 0.25) is 0 Å². The van der Waals surface area contributed by atoms with Gasteiger partial charge in [-0.15, -0.1) is 0 Å². The van der Waals surface area contributed by atoms with Crippen molar-refractivity contribution in [3.63, 3.8) is 0 Å². The van der Waals surface area contributed by atoms with Crippen molar-refractivity contribution >= 4 is 5.91 Å². The van der Waals surface area contributed by atoms with Gasteiger partial charge in [0.2, 0.25) is 5.91 Å². The quantitative estimate of drug-likeness (QED) is 0.797. The van der Waals surface area contributed by atoms with E-state index in [9.17, 15) is 4.79 Å². The molecule has 2 fully saturated rings. The van der Waals surface area contributed by atoms with Gasteiger partial charge in [-0.2, -0.15) is 0 Å². The van der Waals surface area contributed by atoms with E-state index < -0.39 is 0 Å². The molecule has 17 heavy (non-hydrogen) atoms. The van der Waals surface area contributed by atoms with Crippen LogP contribution in [-0.2, 0) is 9.53 Å². The predicted molar refractivity (Wildman–Crippen MR) is 66.8 cm³/mol. The molecule has 1 saturated carbocycles. The topological polar surface area (TPSA) is 41.6 Å². The highest BCUT2D eigenvalue weighted by Crippen LogP contribution is 2.39. The number of carbonyl (C=O) groups excluding carboxylic acids is 1. The normalized spacial score (nSPS) is 25.2.